The van der Waals surface area contributed by atoms with Gasteiger partial charge in [-0.05, 0) is 52.9 Å². The summed E-state index contributed by atoms with van der Waals surface area (Å²) in [4.78, 5) is 0.0308. The van der Waals surface area contributed by atoms with E-state index in [4.69, 9.17) is 9.47 Å². The highest BCUT2D eigenvalue weighted by atomic mass is 127. The van der Waals surface area contributed by atoms with Gasteiger partial charge in [0.25, 0.3) is 10.0 Å². The molecule has 2 aromatic rings. The summed E-state index contributed by atoms with van der Waals surface area (Å²) in [5.41, 5.74) is 0.492. The molecule has 5 nitrogen and oxygen atoms in total. The van der Waals surface area contributed by atoms with Crippen LogP contribution < -0.4 is 14.2 Å². The van der Waals surface area contributed by atoms with Gasteiger partial charge in [0, 0.05) is 15.3 Å². The van der Waals surface area contributed by atoms with Crippen LogP contribution in [0.25, 0.3) is 0 Å². The average molecular weight is 419 g/mol. The van der Waals surface area contributed by atoms with Crippen molar-refractivity contribution in [2.75, 3.05) is 18.9 Å². The number of hydrogen-bond donors (Lipinski definition) is 1. The van der Waals surface area contributed by atoms with Gasteiger partial charge in [-0.2, -0.15) is 0 Å². The molecule has 112 valence electrons. The standard InChI is InChI=1S/C14H14INO4S/c1-19-12-6-7-13(20-2)14(9-12)21(17,18)16-11-5-3-4-10(15)8-11/h3-9,16H,1-2H3. The molecule has 0 saturated heterocycles. The molecule has 1 N–H and O–H groups in total. The fraction of sp³-hybridized carbons (Fsp3) is 0.143. The number of halogens is 1. The highest BCUT2D eigenvalue weighted by Gasteiger charge is 2.20. The highest BCUT2D eigenvalue weighted by Crippen LogP contribution is 2.29. The molecule has 0 saturated carbocycles. The molecular weight excluding hydrogens is 405 g/mol. The van der Waals surface area contributed by atoms with Crippen molar-refractivity contribution in [3.63, 3.8) is 0 Å². The largest absolute Gasteiger partial charge is 0.497 e. The van der Waals surface area contributed by atoms with Gasteiger partial charge in [-0.15, -0.1) is 0 Å². The van der Waals surface area contributed by atoms with E-state index in [9.17, 15) is 8.42 Å². The van der Waals surface area contributed by atoms with Crippen molar-refractivity contribution in [2.45, 2.75) is 4.90 Å². The molecule has 0 radical (unpaired) electrons. The molecule has 0 heterocycles. The minimum absolute atomic E-state index is 0.0308. The van der Waals surface area contributed by atoms with Gasteiger partial charge >= 0.3 is 0 Å². The quantitative estimate of drug-likeness (QED) is 0.757. The first-order valence-corrected chi connectivity index (χ1v) is 8.53. The Balaban J connectivity index is 2.43. The van der Waals surface area contributed by atoms with Gasteiger partial charge in [-0.25, -0.2) is 8.42 Å². The van der Waals surface area contributed by atoms with E-state index < -0.39 is 10.0 Å². The van der Waals surface area contributed by atoms with E-state index in [0.717, 1.165) is 3.57 Å². The zero-order valence-electron chi connectivity index (χ0n) is 11.5. The van der Waals surface area contributed by atoms with Crippen molar-refractivity contribution in [1.29, 1.82) is 0 Å². The van der Waals surface area contributed by atoms with Crippen LogP contribution in [0.3, 0.4) is 0 Å². The lowest BCUT2D eigenvalue weighted by atomic mass is 10.3. The van der Waals surface area contributed by atoms with Gasteiger partial charge in [-0.3, -0.25) is 4.72 Å². The van der Waals surface area contributed by atoms with Gasteiger partial charge in [0.15, 0.2) is 0 Å². The van der Waals surface area contributed by atoms with Crippen molar-refractivity contribution in [2.24, 2.45) is 0 Å². The van der Waals surface area contributed by atoms with E-state index in [1.807, 2.05) is 6.07 Å². The minimum atomic E-state index is -3.76. The molecular formula is C14H14INO4S. The lowest BCUT2D eigenvalue weighted by Crippen LogP contribution is -2.14. The van der Waals surface area contributed by atoms with Crippen molar-refractivity contribution >= 4 is 38.3 Å². The summed E-state index contributed by atoms with van der Waals surface area (Å²) in [7, 11) is -0.863. The predicted molar refractivity (Wildman–Crippen MR) is 89.5 cm³/mol. The minimum Gasteiger partial charge on any atom is -0.497 e. The van der Waals surface area contributed by atoms with Gasteiger partial charge < -0.3 is 9.47 Å². The number of anilines is 1. The molecule has 7 heteroatoms. The number of sulfonamides is 1. The normalized spacial score (nSPS) is 11.0. The molecule has 0 unspecified atom stereocenters. The number of benzene rings is 2. The fourth-order valence-corrected chi connectivity index (χ4v) is 3.53. The average Bonchev–Trinajstić information content (AvgIpc) is 2.46. The van der Waals surface area contributed by atoms with Crippen molar-refractivity contribution < 1.29 is 17.9 Å². The Morgan fingerprint density at radius 2 is 1.81 bits per heavy atom. The first-order valence-electron chi connectivity index (χ1n) is 5.96. The number of ether oxygens (including phenoxy) is 2. The third-order valence-corrected chi connectivity index (χ3v) is 4.81. The summed E-state index contributed by atoms with van der Waals surface area (Å²) < 4.78 is 38.7. The van der Waals surface area contributed by atoms with Crippen LogP contribution in [0.2, 0.25) is 0 Å². The van der Waals surface area contributed by atoms with E-state index in [1.54, 1.807) is 30.3 Å². The lowest BCUT2D eigenvalue weighted by molar-refractivity contribution is 0.392. The maximum Gasteiger partial charge on any atom is 0.265 e. The smallest absolute Gasteiger partial charge is 0.265 e. The summed E-state index contributed by atoms with van der Waals surface area (Å²) in [6, 6.07) is 11.7. The second kappa shape index (κ2) is 6.52. The molecule has 0 aromatic heterocycles. The van der Waals surface area contributed by atoms with Crippen LogP contribution in [0.5, 0.6) is 11.5 Å². The SMILES string of the molecule is COc1ccc(OC)c(S(=O)(=O)Nc2cccc(I)c2)c1. The second-order valence-corrected chi connectivity index (χ2v) is 7.03. The molecule has 0 atom stereocenters. The van der Waals surface area contributed by atoms with Crippen LogP contribution in [0.1, 0.15) is 0 Å². The van der Waals surface area contributed by atoms with Crippen molar-refractivity contribution in [3.8, 4) is 11.5 Å². The molecule has 0 aliphatic heterocycles. The first kappa shape index (κ1) is 15.9. The lowest BCUT2D eigenvalue weighted by Gasteiger charge is -2.13. The molecule has 0 spiro atoms. The second-order valence-electron chi connectivity index (χ2n) is 4.13. The monoisotopic (exact) mass is 419 g/mol. The van der Waals surface area contributed by atoms with Crippen LogP contribution in [-0.2, 0) is 10.0 Å². The number of nitrogens with one attached hydrogen (secondary N) is 1. The maximum atomic E-state index is 12.5. The molecule has 0 amide bonds. The third kappa shape index (κ3) is 3.79. The Hall–Kier alpha value is -1.48. The first-order chi connectivity index (χ1) is 9.96. The third-order valence-electron chi connectivity index (χ3n) is 2.74. The Kier molecular flexibility index (Phi) is 4.94. The Labute approximate surface area is 137 Å². The van der Waals surface area contributed by atoms with Gasteiger partial charge in [0.1, 0.15) is 16.4 Å². The summed E-state index contributed by atoms with van der Waals surface area (Å²) in [5.74, 6) is 0.702. The molecule has 21 heavy (non-hydrogen) atoms. The van der Waals surface area contributed by atoms with E-state index in [1.165, 1.54) is 20.3 Å². The van der Waals surface area contributed by atoms with Crippen LogP contribution >= 0.6 is 22.6 Å². The molecule has 2 aromatic carbocycles. The van der Waals surface area contributed by atoms with Crippen LogP contribution in [-0.4, -0.2) is 22.6 Å². The van der Waals surface area contributed by atoms with Crippen molar-refractivity contribution in [1.82, 2.24) is 0 Å². The molecule has 0 fully saturated rings. The number of methoxy groups -OCH3 is 2. The van der Waals surface area contributed by atoms with Gasteiger partial charge in [-0.1, -0.05) is 6.07 Å². The zero-order valence-corrected chi connectivity index (χ0v) is 14.4. The van der Waals surface area contributed by atoms with Crippen molar-refractivity contribution in [3.05, 3.63) is 46.0 Å². The Morgan fingerprint density at radius 1 is 1.05 bits per heavy atom. The molecule has 2 rings (SSSR count). The molecule has 0 bridgehead atoms. The summed E-state index contributed by atoms with van der Waals surface area (Å²) in [6.45, 7) is 0. The summed E-state index contributed by atoms with van der Waals surface area (Å²) >= 11 is 2.12. The van der Waals surface area contributed by atoms with Gasteiger partial charge in [0.05, 0.1) is 14.2 Å². The fourth-order valence-electron chi connectivity index (χ4n) is 1.76. The maximum absolute atomic E-state index is 12.5. The van der Waals surface area contributed by atoms with E-state index in [2.05, 4.69) is 27.3 Å². The summed E-state index contributed by atoms with van der Waals surface area (Å²) in [5, 5.41) is 0. The Morgan fingerprint density at radius 3 is 2.43 bits per heavy atom. The predicted octanol–water partition coefficient (Wildman–Crippen LogP) is 3.11. The van der Waals surface area contributed by atoms with E-state index in [0.29, 0.717) is 11.4 Å². The van der Waals surface area contributed by atoms with E-state index >= 15 is 0 Å². The summed E-state index contributed by atoms with van der Waals surface area (Å²) in [6.07, 6.45) is 0. The molecule has 0 aliphatic rings. The topological polar surface area (TPSA) is 64.6 Å². The molecule has 0 aliphatic carbocycles. The van der Waals surface area contributed by atoms with Crippen LogP contribution in [0.15, 0.2) is 47.4 Å². The van der Waals surface area contributed by atoms with E-state index in [-0.39, 0.29) is 10.6 Å². The Bertz CT molecular complexity index is 746. The van der Waals surface area contributed by atoms with Gasteiger partial charge in [0.2, 0.25) is 0 Å². The number of hydrogen-bond acceptors (Lipinski definition) is 4. The zero-order chi connectivity index (χ0) is 15.5. The highest BCUT2D eigenvalue weighted by molar-refractivity contribution is 14.1. The van der Waals surface area contributed by atoms with Crippen LogP contribution in [0, 0.1) is 3.57 Å². The van der Waals surface area contributed by atoms with Crippen LogP contribution in [0.4, 0.5) is 5.69 Å². The number of rotatable bonds is 5.